The molecule has 100 valence electrons. The molecule has 4 nitrogen and oxygen atoms in total. The first-order valence-electron chi connectivity index (χ1n) is 6.30. The third-order valence-electron chi connectivity index (χ3n) is 2.61. The lowest BCUT2D eigenvalue weighted by Crippen LogP contribution is -2.08. The molecule has 0 bridgehead atoms. The van der Waals surface area contributed by atoms with E-state index in [4.69, 9.17) is 9.47 Å². The number of methoxy groups -OCH3 is 1. The van der Waals surface area contributed by atoms with Gasteiger partial charge in [0.1, 0.15) is 17.3 Å². The Labute approximate surface area is 113 Å². The van der Waals surface area contributed by atoms with Gasteiger partial charge in [-0.25, -0.2) is 4.98 Å². The molecule has 1 aromatic heterocycles. The molecule has 0 radical (unpaired) electrons. The standard InChI is InChI=1S/C15H18N2O2/c1-18-14-8-9-15(17-12-14)16-10-5-11-19-13-6-3-2-4-7-13/h2-4,6-9,12H,5,10-11H2,1H3,(H,16,17). The first-order valence-corrected chi connectivity index (χ1v) is 6.30. The largest absolute Gasteiger partial charge is 0.495 e. The van der Waals surface area contributed by atoms with Crippen molar-refractivity contribution in [1.29, 1.82) is 0 Å². The monoisotopic (exact) mass is 258 g/mol. The van der Waals surface area contributed by atoms with Gasteiger partial charge < -0.3 is 14.8 Å². The minimum absolute atomic E-state index is 0.688. The Hall–Kier alpha value is -2.23. The third kappa shape index (κ3) is 4.50. The van der Waals surface area contributed by atoms with Crippen LogP contribution in [0.3, 0.4) is 0 Å². The van der Waals surface area contributed by atoms with Gasteiger partial charge in [0.2, 0.25) is 0 Å². The van der Waals surface area contributed by atoms with Crippen molar-refractivity contribution in [1.82, 2.24) is 4.98 Å². The highest BCUT2D eigenvalue weighted by Gasteiger charge is 1.95. The summed E-state index contributed by atoms with van der Waals surface area (Å²) < 4.78 is 10.7. The predicted octanol–water partition coefficient (Wildman–Crippen LogP) is 2.97. The van der Waals surface area contributed by atoms with E-state index in [0.29, 0.717) is 6.61 Å². The van der Waals surface area contributed by atoms with Crippen molar-refractivity contribution in [2.75, 3.05) is 25.6 Å². The quantitative estimate of drug-likeness (QED) is 0.775. The molecule has 1 heterocycles. The molecular weight excluding hydrogens is 240 g/mol. The van der Waals surface area contributed by atoms with Gasteiger partial charge in [-0.1, -0.05) is 18.2 Å². The number of ether oxygens (including phenoxy) is 2. The van der Waals surface area contributed by atoms with Gasteiger partial charge in [0.15, 0.2) is 0 Å². The van der Waals surface area contributed by atoms with E-state index in [1.807, 2.05) is 42.5 Å². The van der Waals surface area contributed by atoms with Crippen LogP contribution in [0, 0.1) is 0 Å². The van der Waals surface area contributed by atoms with Gasteiger partial charge in [-0.2, -0.15) is 0 Å². The predicted molar refractivity (Wildman–Crippen MR) is 75.8 cm³/mol. The van der Waals surface area contributed by atoms with Crippen molar-refractivity contribution in [2.45, 2.75) is 6.42 Å². The molecule has 19 heavy (non-hydrogen) atoms. The summed E-state index contributed by atoms with van der Waals surface area (Å²) in [5.74, 6) is 2.52. The van der Waals surface area contributed by atoms with Gasteiger partial charge >= 0.3 is 0 Å². The van der Waals surface area contributed by atoms with E-state index in [2.05, 4.69) is 10.3 Å². The molecule has 1 N–H and O–H groups in total. The number of hydrogen-bond acceptors (Lipinski definition) is 4. The molecule has 0 amide bonds. The summed E-state index contributed by atoms with van der Waals surface area (Å²) in [6.45, 7) is 1.51. The number of aromatic nitrogens is 1. The summed E-state index contributed by atoms with van der Waals surface area (Å²) in [5.41, 5.74) is 0. The Morgan fingerprint density at radius 2 is 1.89 bits per heavy atom. The van der Waals surface area contributed by atoms with E-state index in [9.17, 15) is 0 Å². The van der Waals surface area contributed by atoms with Gasteiger partial charge in [0, 0.05) is 6.54 Å². The fourth-order valence-corrected chi connectivity index (χ4v) is 1.60. The number of para-hydroxylation sites is 1. The molecule has 0 saturated heterocycles. The maximum absolute atomic E-state index is 5.60. The first-order chi connectivity index (χ1) is 9.38. The normalized spacial score (nSPS) is 9.95. The highest BCUT2D eigenvalue weighted by molar-refractivity contribution is 5.37. The SMILES string of the molecule is COc1ccc(NCCCOc2ccccc2)nc1. The second-order valence-electron chi connectivity index (χ2n) is 4.03. The molecule has 0 aliphatic rings. The number of pyridine rings is 1. The molecule has 0 spiro atoms. The van der Waals surface area contributed by atoms with Crippen molar-refractivity contribution >= 4 is 5.82 Å². The van der Waals surface area contributed by atoms with E-state index in [-0.39, 0.29) is 0 Å². The number of benzene rings is 1. The van der Waals surface area contributed by atoms with Gasteiger partial charge in [-0.05, 0) is 30.7 Å². The van der Waals surface area contributed by atoms with Crippen molar-refractivity contribution < 1.29 is 9.47 Å². The van der Waals surface area contributed by atoms with Gasteiger partial charge in [-0.15, -0.1) is 0 Å². The number of rotatable bonds is 7. The van der Waals surface area contributed by atoms with Crippen LogP contribution in [0.4, 0.5) is 5.82 Å². The zero-order chi connectivity index (χ0) is 13.3. The number of anilines is 1. The van der Waals surface area contributed by atoms with Crippen LogP contribution >= 0.6 is 0 Å². The molecule has 1 aromatic carbocycles. The molecule has 0 unspecified atom stereocenters. The van der Waals surface area contributed by atoms with Crippen molar-refractivity contribution in [2.24, 2.45) is 0 Å². The van der Waals surface area contributed by atoms with Crippen molar-refractivity contribution in [3.05, 3.63) is 48.7 Å². The lowest BCUT2D eigenvalue weighted by atomic mass is 10.3. The molecule has 4 heteroatoms. The van der Waals surface area contributed by atoms with Gasteiger partial charge in [0.05, 0.1) is 19.9 Å². The second kappa shape index (κ2) is 7.26. The van der Waals surface area contributed by atoms with Crippen LogP contribution in [0.15, 0.2) is 48.7 Å². The summed E-state index contributed by atoms with van der Waals surface area (Å²) in [4.78, 5) is 4.23. The first kappa shape index (κ1) is 13.2. The number of nitrogens with one attached hydrogen (secondary N) is 1. The minimum atomic E-state index is 0.688. The van der Waals surface area contributed by atoms with E-state index in [1.54, 1.807) is 13.3 Å². The molecule has 0 atom stereocenters. The Morgan fingerprint density at radius 3 is 2.58 bits per heavy atom. The Bertz CT molecular complexity index is 471. The van der Waals surface area contributed by atoms with Crippen molar-refractivity contribution in [3.63, 3.8) is 0 Å². The van der Waals surface area contributed by atoms with Crippen LogP contribution in [-0.2, 0) is 0 Å². The molecule has 2 rings (SSSR count). The average Bonchev–Trinajstić information content (AvgIpc) is 2.49. The summed E-state index contributed by atoms with van der Waals surface area (Å²) >= 11 is 0. The maximum Gasteiger partial charge on any atom is 0.137 e. The number of hydrogen-bond donors (Lipinski definition) is 1. The Morgan fingerprint density at radius 1 is 1.05 bits per heavy atom. The van der Waals surface area contributed by atoms with E-state index in [1.165, 1.54) is 0 Å². The van der Waals surface area contributed by atoms with Gasteiger partial charge in [0.25, 0.3) is 0 Å². The third-order valence-corrected chi connectivity index (χ3v) is 2.61. The molecular formula is C15H18N2O2. The lowest BCUT2D eigenvalue weighted by Gasteiger charge is -2.08. The van der Waals surface area contributed by atoms with E-state index >= 15 is 0 Å². The fourth-order valence-electron chi connectivity index (χ4n) is 1.60. The molecule has 0 saturated carbocycles. The maximum atomic E-state index is 5.60. The number of nitrogens with zero attached hydrogens (tertiary/aromatic N) is 1. The zero-order valence-corrected chi connectivity index (χ0v) is 11.0. The van der Waals surface area contributed by atoms with Crippen LogP contribution < -0.4 is 14.8 Å². The average molecular weight is 258 g/mol. The summed E-state index contributed by atoms with van der Waals surface area (Å²) in [7, 11) is 1.63. The second-order valence-corrected chi connectivity index (χ2v) is 4.03. The zero-order valence-electron chi connectivity index (χ0n) is 11.0. The Balaban J connectivity index is 1.63. The topological polar surface area (TPSA) is 43.4 Å². The van der Waals surface area contributed by atoms with Crippen LogP contribution in [0.2, 0.25) is 0 Å². The lowest BCUT2D eigenvalue weighted by molar-refractivity contribution is 0.315. The highest BCUT2D eigenvalue weighted by atomic mass is 16.5. The van der Waals surface area contributed by atoms with Gasteiger partial charge in [-0.3, -0.25) is 0 Å². The van der Waals surface area contributed by atoms with Crippen molar-refractivity contribution in [3.8, 4) is 11.5 Å². The molecule has 0 fully saturated rings. The molecule has 0 aliphatic heterocycles. The van der Waals surface area contributed by atoms with Crippen LogP contribution in [0.5, 0.6) is 11.5 Å². The molecule has 2 aromatic rings. The Kier molecular flexibility index (Phi) is 5.05. The molecule has 0 aliphatic carbocycles. The smallest absolute Gasteiger partial charge is 0.137 e. The highest BCUT2D eigenvalue weighted by Crippen LogP contribution is 2.11. The van der Waals surface area contributed by atoms with E-state index < -0.39 is 0 Å². The van der Waals surface area contributed by atoms with Crippen LogP contribution in [-0.4, -0.2) is 25.2 Å². The fraction of sp³-hybridized carbons (Fsp3) is 0.267. The minimum Gasteiger partial charge on any atom is -0.495 e. The van der Waals surface area contributed by atoms with Crippen LogP contribution in [0.25, 0.3) is 0 Å². The van der Waals surface area contributed by atoms with Crippen LogP contribution in [0.1, 0.15) is 6.42 Å². The summed E-state index contributed by atoms with van der Waals surface area (Å²) in [6.07, 6.45) is 2.62. The summed E-state index contributed by atoms with van der Waals surface area (Å²) in [6, 6.07) is 13.6. The van der Waals surface area contributed by atoms with E-state index in [0.717, 1.165) is 30.3 Å². The summed E-state index contributed by atoms with van der Waals surface area (Å²) in [5, 5.41) is 3.24.